The zero-order valence-corrected chi connectivity index (χ0v) is 45.6. The maximum absolute atomic E-state index is 12.9. The van der Waals surface area contributed by atoms with Gasteiger partial charge in [-0.15, -0.1) is 0 Å². The van der Waals surface area contributed by atoms with Crippen LogP contribution in [0.2, 0.25) is 0 Å². The first-order valence-corrected chi connectivity index (χ1v) is 30.3. The second kappa shape index (κ2) is 51.8. The molecule has 0 saturated carbocycles. The molecule has 1 heterocycles. The van der Waals surface area contributed by atoms with E-state index in [1.54, 1.807) is 0 Å². The largest absolute Gasteiger partial charge is 0.457 e. The number of carbonyl (C=O) groups is 1. The summed E-state index contributed by atoms with van der Waals surface area (Å²) in [7, 11) is 0. The molecule has 410 valence electrons. The van der Waals surface area contributed by atoms with E-state index in [1.165, 1.54) is 250 Å². The number of aliphatic hydroxyl groups excluding tert-OH is 4. The number of carbonyl (C=O) groups excluding carboxylic acids is 1. The summed E-state index contributed by atoms with van der Waals surface area (Å²) >= 11 is 0. The van der Waals surface area contributed by atoms with Crippen LogP contribution < -0.4 is 0 Å². The Kier molecular flexibility index (Phi) is 49.5. The normalized spacial score (nSPS) is 19.0. The summed E-state index contributed by atoms with van der Waals surface area (Å²) in [5.74, 6) is -0.306. The van der Waals surface area contributed by atoms with E-state index in [9.17, 15) is 25.2 Å². The average Bonchev–Trinajstić information content (AvgIpc) is 3.35. The Morgan fingerprint density at radius 1 is 0.449 bits per heavy atom. The van der Waals surface area contributed by atoms with Gasteiger partial charge in [0.25, 0.3) is 0 Å². The molecule has 0 amide bonds. The number of ether oxygens (including phenoxy) is 4. The highest BCUT2D eigenvalue weighted by Gasteiger charge is 2.44. The highest BCUT2D eigenvalue weighted by Crippen LogP contribution is 2.23. The van der Waals surface area contributed by atoms with Gasteiger partial charge in [0, 0.05) is 13.0 Å². The van der Waals surface area contributed by atoms with Gasteiger partial charge in [-0.25, -0.2) is 0 Å². The number of hydrogen-bond acceptors (Lipinski definition) is 9. The van der Waals surface area contributed by atoms with Crippen molar-refractivity contribution in [1.29, 1.82) is 0 Å². The molecule has 9 nitrogen and oxygen atoms in total. The van der Waals surface area contributed by atoms with E-state index in [-0.39, 0.29) is 19.2 Å². The molecule has 0 bridgehead atoms. The van der Waals surface area contributed by atoms with Crippen LogP contribution in [0.25, 0.3) is 0 Å². The summed E-state index contributed by atoms with van der Waals surface area (Å²) in [6.45, 7) is 4.64. The van der Waals surface area contributed by atoms with Crippen LogP contribution in [0.5, 0.6) is 0 Å². The number of rotatable bonds is 54. The lowest BCUT2D eigenvalue weighted by Gasteiger charge is -2.39. The van der Waals surface area contributed by atoms with Crippen LogP contribution in [0.15, 0.2) is 12.2 Å². The average molecular weight is 982 g/mol. The van der Waals surface area contributed by atoms with Crippen molar-refractivity contribution in [1.82, 2.24) is 0 Å². The molecule has 0 spiro atoms. The smallest absolute Gasteiger partial charge is 0.306 e. The topological polar surface area (TPSA) is 135 Å². The standard InChI is InChI=1S/C60H116O9/c1-3-5-7-9-11-13-15-17-19-21-23-25-27-29-31-33-35-37-39-41-43-45-47-49-56(62)68-54(53-67-60-59(65)58(64)57(63)55(51-61)69-60)52-66-50-48-46-44-42-40-38-36-34-32-30-28-26-24-22-20-18-16-14-12-10-8-6-4-2/h21,23,54-55,57-61,63-65H,3-20,22,24-53H2,1-2H3/b23-21-. The molecule has 6 unspecified atom stereocenters. The SMILES string of the molecule is CCCCCCCCCC/C=C\CCCCCCCCCCCCCC(=O)OC(COCCCCCCCCCCCCCCCCCCCCCCCCC)COC1OC(CO)C(O)C(O)C1O. The van der Waals surface area contributed by atoms with Crippen LogP contribution in [0.3, 0.4) is 0 Å². The van der Waals surface area contributed by atoms with Crippen molar-refractivity contribution in [2.75, 3.05) is 26.4 Å². The van der Waals surface area contributed by atoms with Crippen molar-refractivity contribution in [3.05, 3.63) is 12.2 Å². The van der Waals surface area contributed by atoms with Crippen LogP contribution in [0.1, 0.15) is 303 Å². The second-order valence-corrected chi connectivity index (χ2v) is 21.2. The third kappa shape index (κ3) is 42.0. The van der Waals surface area contributed by atoms with Crippen LogP contribution in [0.4, 0.5) is 0 Å². The van der Waals surface area contributed by atoms with Gasteiger partial charge < -0.3 is 39.4 Å². The van der Waals surface area contributed by atoms with Gasteiger partial charge in [-0.05, 0) is 38.5 Å². The quantitative estimate of drug-likeness (QED) is 0.0267. The zero-order chi connectivity index (χ0) is 49.9. The Hall–Kier alpha value is -1.07. The molecule has 1 saturated heterocycles. The summed E-state index contributed by atoms with van der Waals surface area (Å²) < 4.78 is 23.0. The van der Waals surface area contributed by atoms with Crippen LogP contribution >= 0.6 is 0 Å². The van der Waals surface area contributed by atoms with Crippen molar-refractivity contribution in [3.8, 4) is 0 Å². The van der Waals surface area contributed by atoms with Gasteiger partial charge in [0.1, 0.15) is 30.5 Å². The fourth-order valence-electron chi connectivity index (χ4n) is 9.73. The van der Waals surface area contributed by atoms with Gasteiger partial charge in [-0.1, -0.05) is 270 Å². The van der Waals surface area contributed by atoms with E-state index < -0.39 is 43.4 Å². The summed E-state index contributed by atoms with van der Waals surface area (Å²) in [4.78, 5) is 12.9. The summed E-state index contributed by atoms with van der Waals surface area (Å²) in [6.07, 6.45) is 55.5. The fraction of sp³-hybridized carbons (Fsp3) is 0.950. The molecule has 4 N–H and O–H groups in total. The maximum Gasteiger partial charge on any atom is 0.306 e. The molecule has 9 heteroatoms. The van der Waals surface area contributed by atoms with Crippen molar-refractivity contribution >= 4 is 5.97 Å². The highest BCUT2D eigenvalue weighted by molar-refractivity contribution is 5.69. The van der Waals surface area contributed by atoms with E-state index in [4.69, 9.17) is 18.9 Å². The third-order valence-electron chi connectivity index (χ3n) is 14.4. The number of allylic oxidation sites excluding steroid dienone is 2. The zero-order valence-electron chi connectivity index (χ0n) is 45.6. The van der Waals surface area contributed by atoms with E-state index in [0.29, 0.717) is 13.0 Å². The maximum atomic E-state index is 12.9. The molecule has 69 heavy (non-hydrogen) atoms. The lowest BCUT2D eigenvalue weighted by molar-refractivity contribution is -0.305. The van der Waals surface area contributed by atoms with Gasteiger partial charge in [-0.2, -0.15) is 0 Å². The van der Waals surface area contributed by atoms with Gasteiger partial charge >= 0.3 is 5.97 Å². The summed E-state index contributed by atoms with van der Waals surface area (Å²) in [5, 5.41) is 40.4. The van der Waals surface area contributed by atoms with Gasteiger partial charge in [0.2, 0.25) is 0 Å². The summed E-state index contributed by atoms with van der Waals surface area (Å²) in [5.41, 5.74) is 0. The number of esters is 1. The van der Waals surface area contributed by atoms with Crippen molar-refractivity contribution in [3.63, 3.8) is 0 Å². The second-order valence-electron chi connectivity index (χ2n) is 21.2. The van der Waals surface area contributed by atoms with E-state index in [0.717, 1.165) is 32.1 Å². The molecule has 1 aliphatic heterocycles. The minimum absolute atomic E-state index is 0.107. The molecule has 1 rings (SSSR count). The number of aliphatic hydroxyl groups is 4. The Morgan fingerprint density at radius 3 is 1.17 bits per heavy atom. The first-order chi connectivity index (χ1) is 33.9. The predicted molar refractivity (Wildman–Crippen MR) is 289 cm³/mol. The molecule has 1 aliphatic rings. The minimum atomic E-state index is -1.53. The van der Waals surface area contributed by atoms with Crippen LogP contribution in [-0.4, -0.2) is 89.6 Å². The lowest BCUT2D eigenvalue weighted by Crippen LogP contribution is -2.59. The Morgan fingerprint density at radius 2 is 0.797 bits per heavy atom. The van der Waals surface area contributed by atoms with Gasteiger partial charge in [-0.3, -0.25) is 4.79 Å². The molecule has 0 aromatic carbocycles. The first-order valence-electron chi connectivity index (χ1n) is 30.3. The molecule has 0 aromatic heterocycles. The van der Waals surface area contributed by atoms with Gasteiger partial charge in [0.15, 0.2) is 6.29 Å². The molecular formula is C60H116O9. The van der Waals surface area contributed by atoms with E-state index in [1.807, 2.05) is 0 Å². The highest BCUT2D eigenvalue weighted by atomic mass is 16.7. The van der Waals surface area contributed by atoms with Gasteiger partial charge in [0.05, 0.1) is 19.8 Å². The Labute approximate surface area is 426 Å². The predicted octanol–water partition coefficient (Wildman–Crippen LogP) is 15.9. The Bertz CT molecular complexity index is 1070. The molecule has 0 aromatic rings. The number of hydrogen-bond donors (Lipinski definition) is 4. The van der Waals surface area contributed by atoms with Crippen LogP contribution in [0, 0.1) is 0 Å². The van der Waals surface area contributed by atoms with Crippen molar-refractivity contribution in [2.24, 2.45) is 0 Å². The fourth-order valence-corrected chi connectivity index (χ4v) is 9.73. The monoisotopic (exact) mass is 981 g/mol. The summed E-state index contributed by atoms with van der Waals surface area (Å²) in [6, 6.07) is 0. The van der Waals surface area contributed by atoms with Crippen molar-refractivity contribution < 1.29 is 44.2 Å². The third-order valence-corrected chi connectivity index (χ3v) is 14.4. The number of unbranched alkanes of at least 4 members (excludes halogenated alkanes) is 41. The lowest BCUT2D eigenvalue weighted by atomic mass is 9.99. The molecule has 6 atom stereocenters. The first kappa shape index (κ1) is 65.9. The molecule has 0 radical (unpaired) electrons. The molecule has 0 aliphatic carbocycles. The molecular weight excluding hydrogens is 865 g/mol. The minimum Gasteiger partial charge on any atom is -0.457 e. The van der Waals surface area contributed by atoms with E-state index >= 15 is 0 Å². The Balaban J connectivity index is 2.12. The van der Waals surface area contributed by atoms with E-state index in [2.05, 4.69) is 26.0 Å². The van der Waals surface area contributed by atoms with Crippen molar-refractivity contribution in [2.45, 2.75) is 340 Å². The molecule has 1 fully saturated rings. The van der Waals surface area contributed by atoms with Crippen LogP contribution in [-0.2, 0) is 23.7 Å².